The van der Waals surface area contributed by atoms with Crippen molar-refractivity contribution in [2.45, 2.75) is 13.3 Å². The van der Waals surface area contributed by atoms with Crippen molar-refractivity contribution < 1.29 is 14.7 Å². The SMILES string of the molecule is CC(=O)c1cc(CC(=O)O)ccc1Cl. The summed E-state index contributed by atoms with van der Waals surface area (Å²) in [6.07, 6.45) is -0.0998. The standard InChI is InChI=1S/C10H9ClO3/c1-6(12)8-4-7(5-10(13)14)2-3-9(8)11/h2-4H,5H2,1H3,(H,13,14). The summed E-state index contributed by atoms with van der Waals surface area (Å²) in [7, 11) is 0. The molecular formula is C10H9ClO3. The molecule has 1 aromatic carbocycles. The maximum atomic E-state index is 11.1. The van der Waals surface area contributed by atoms with Crippen molar-refractivity contribution in [1.82, 2.24) is 0 Å². The molecule has 1 aromatic rings. The predicted molar refractivity (Wildman–Crippen MR) is 52.8 cm³/mol. The Balaban J connectivity index is 3.06. The van der Waals surface area contributed by atoms with Crippen LogP contribution in [0.1, 0.15) is 22.8 Å². The van der Waals surface area contributed by atoms with Gasteiger partial charge in [-0.25, -0.2) is 0 Å². The van der Waals surface area contributed by atoms with E-state index >= 15 is 0 Å². The van der Waals surface area contributed by atoms with Crippen molar-refractivity contribution in [1.29, 1.82) is 0 Å². The van der Waals surface area contributed by atoms with Crippen LogP contribution in [0.15, 0.2) is 18.2 Å². The molecule has 0 fully saturated rings. The number of carboxylic acids is 1. The number of carbonyl (C=O) groups excluding carboxylic acids is 1. The highest BCUT2D eigenvalue weighted by Gasteiger charge is 2.08. The Morgan fingerprint density at radius 1 is 1.43 bits per heavy atom. The molecule has 0 aliphatic carbocycles. The molecule has 0 saturated carbocycles. The third-order valence-corrected chi connectivity index (χ3v) is 2.10. The molecule has 0 aliphatic heterocycles. The molecule has 0 heterocycles. The molecular weight excluding hydrogens is 204 g/mol. The smallest absolute Gasteiger partial charge is 0.307 e. The molecule has 4 heteroatoms. The number of rotatable bonds is 3. The second kappa shape index (κ2) is 4.24. The number of hydrogen-bond acceptors (Lipinski definition) is 2. The van der Waals surface area contributed by atoms with Crippen LogP contribution in [0, 0.1) is 0 Å². The van der Waals surface area contributed by atoms with Crippen molar-refractivity contribution in [3.05, 3.63) is 34.3 Å². The average molecular weight is 213 g/mol. The van der Waals surface area contributed by atoms with Gasteiger partial charge in [0.05, 0.1) is 11.4 Å². The van der Waals surface area contributed by atoms with Gasteiger partial charge in [0.15, 0.2) is 5.78 Å². The minimum atomic E-state index is -0.929. The third kappa shape index (κ3) is 2.57. The van der Waals surface area contributed by atoms with Crippen LogP contribution in [0.5, 0.6) is 0 Å². The molecule has 0 bridgehead atoms. The number of aliphatic carboxylic acids is 1. The minimum absolute atomic E-state index is 0.0998. The highest BCUT2D eigenvalue weighted by atomic mass is 35.5. The highest BCUT2D eigenvalue weighted by molar-refractivity contribution is 6.33. The fourth-order valence-electron chi connectivity index (χ4n) is 1.13. The number of hydrogen-bond donors (Lipinski definition) is 1. The van der Waals surface area contributed by atoms with Gasteiger partial charge in [-0.3, -0.25) is 9.59 Å². The van der Waals surface area contributed by atoms with E-state index in [0.717, 1.165) is 0 Å². The van der Waals surface area contributed by atoms with Crippen LogP contribution >= 0.6 is 11.6 Å². The van der Waals surface area contributed by atoms with E-state index in [4.69, 9.17) is 16.7 Å². The van der Waals surface area contributed by atoms with Crippen LogP contribution in [0.2, 0.25) is 5.02 Å². The summed E-state index contributed by atoms with van der Waals surface area (Å²) >= 11 is 5.76. The van der Waals surface area contributed by atoms with E-state index in [1.807, 2.05) is 0 Å². The fraction of sp³-hybridized carbons (Fsp3) is 0.200. The van der Waals surface area contributed by atoms with Gasteiger partial charge in [-0.2, -0.15) is 0 Å². The lowest BCUT2D eigenvalue weighted by Crippen LogP contribution is -2.02. The first-order valence-corrected chi connectivity index (χ1v) is 4.39. The van der Waals surface area contributed by atoms with Crippen molar-refractivity contribution >= 4 is 23.4 Å². The molecule has 0 aromatic heterocycles. The molecule has 3 nitrogen and oxygen atoms in total. The maximum Gasteiger partial charge on any atom is 0.307 e. The van der Waals surface area contributed by atoms with Gasteiger partial charge in [-0.05, 0) is 24.6 Å². The Labute approximate surface area is 86.3 Å². The normalized spacial score (nSPS) is 9.86. The second-order valence-electron chi connectivity index (χ2n) is 2.94. The van der Waals surface area contributed by atoms with E-state index < -0.39 is 5.97 Å². The fourth-order valence-corrected chi connectivity index (χ4v) is 1.38. The van der Waals surface area contributed by atoms with E-state index in [-0.39, 0.29) is 12.2 Å². The van der Waals surface area contributed by atoms with Gasteiger partial charge >= 0.3 is 5.97 Å². The monoisotopic (exact) mass is 212 g/mol. The molecule has 1 rings (SSSR count). The molecule has 14 heavy (non-hydrogen) atoms. The number of halogens is 1. The van der Waals surface area contributed by atoms with Gasteiger partial charge in [0.25, 0.3) is 0 Å². The lowest BCUT2D eigenvalue weighted by atomic mass is 10.1. The van der Waals surface area contributed by atoms with Crippen LogP contribution in [0.3, 0.4) is 0 Å². The molecule has 1 N–H and O–H groups in total. The number of benzene rings is 1. The van der Waals surface area contributed by atoms with E-state index in [2.05, 4.69) is 0 Å². The topological polar surface area (TPSA) is 54.4 Å². The first-order chi connectivity index (χ1) is 6.50. The van der Waals surface area contributed by atoms with Crippen LogP contribution < -0.4 is 0 Å². The van der Waals surface area contributed by atoms with Crippen LogP contribution in [-0.2, 0) is 11.2 Å². The molecule has 0 spiro atoms. The van der Waals surface area contributed by atoms with Crippen molar-refractivity contribution in [3.8, 4) is 0 Å². The van der Waals surface area contributed by atoms with Gasteiger partial charge in [-0.15, -0.1) is 0 Å². The van der Waals surface area contributed by atoms with Crippen LogP contribution in [0.4, 0.5) is 0 Å². The molecule has 0 amide bonds. The number of ketones is 1. The molecule has 0 atom stereocenters. The minimum Gasteiger partial charge on any atom is -0.481 e. The zero-order chi connectivity index (χ0) is 10.7. The van der Waals surface area contributed by atoms with Crippen molar-refractivity contribution in [3.63, 3.8) is 0 Å². The van der Waals surface area contributed by atoms with Gasteiger partial charge < -0.3 is 5.11 Å². The molecule has 0 unspecified atom stereocenters. The lowest BCUT2D eigenvalue weighted by molar-refractivity contribution is -0.136. The second-order valence-corrected chi connectivity index (χ2v) is 3.35. The molecule has 0 saturated heterocycles. The lowest BCUT2D eigenvalue weighted by Gasteiger charge is -2.02. The van der Waals surface area contributed by atoms with Gasteiger partial charge in [0, 0.05) is 5.56 Å². The Morgan fingerprint density at radius 2 is 2.07 bits per heavy atom. The summed E-state index contributed by atoms with van der Waals surface area (Å²) in [6.45, 7) is 1.39. The van der Waals surface area contributed by atoms with Crippen LogP contribution in [0.25, 0.3) is 0 Å². The third-order valence-electron chi connectivity index (χ3n) is 1.77. The highest BCUT2D eigenvalue weighted by Crippen LogP contribution is 2.18. The van der Waals surface area contributed by atoms with Crippen molar-refractivity contribution in [2.75, 3.05) is 0 Å². The summed E-state index contributed by atoms with van der Waals surface area (Å²) in [4.78, 5) is 21.5. The molecule has 0 aliphatic rings. The Morgan fingerprint density at radius 3 is 2.57 bits per heavy atom. The van der Waals surface area contributed by atoms with E-state index in [1.165, 1.54) is 19.1 Å². The Kier molecular flexibility index (Phi) is 3.25. The van der Waals surface area contributed by atoms with E-state index in [1.54, 1.807) is 6.07 Å². The maximum absolute atomic E-state index is 11.1. The summed E-state index contributed by atoms with van der Waals surface area (Å²) in [5, 5.41) is 8.90. The van der Waals surface area contributed by atoms with E-state index in [9.17, 15) is 9.59 Å². The van der Waals surface area contributed by atoms with E-state index in [0.29, 0.717) is 16.1 Å². The largest absolute Gasteiger partial charge is 0.481 e. The van der Waals surface area contributed by atoms with Gasteiger partial charge in [-0.1, -0.05) is 17.7 Å². The summed E-state index contributed by atoms with van der Waals surface area (Å²) in [5.41, 5.74) is 0.942. The van der Waals surface area contributed by atoms with Gasteiger partial charge in [0.1, 0.15) is 0 Å². The van der Waals surface area contributed by atoms with Crippen molar-refractivity contribution in [2.24, 2.45) is 0 Å². The first kappa shape index (κ1) is 10.7. The average Bonchev–Trinajstić information content (AvgIpc) is 2.07. The zero-order valence-corrected chi connectivity index (χ0v) is 8.34. The number of Topliss-reactive ketones (excluding diaryl/α,β-unsaturated/α-hetero) is 1. The predicted octanol–water partition coefficient (Wildman–Crippen LogP) is 2.17. The molecule has 74 valence electrons. The summed E-state index contributed by atoms with van der Waals surface area (Å²) < 4.78 is 0. The number of carboxylic acid groups (broad SMARTS) is 1. The first-order valence-electron chi connectivity index (χ1n) is 4.02. The quantitative estimate of drug-likeness (QED) is 0.782. The summed E-state index contributed by atoms with van der Waals surface area (Å²) in [6, 6.07) is 4.65. The van der Waals surface area contributed by atoms with Crippen LogP contribution in [-0.4, -0.2) is 16.9 Å². The summed E-state index contributed by atoms with van der Waals surface area (Å²) in [5.74, 6) is -1.09. The molecule has 0 radical (unpaired) electrons. The zero-order valence-electron chi connectivity index (χ0n) is 7.58. The van der Waals surface area contributed by atoms with Gasteiger partial charge in [0.2, 0.25) is 0 Å². The number of carbonyl (C=O) groups is 2. The Hall–Kier alpha value is -1.35. The Bertz CT molecular complexity index is 385.